The van der Waals surface area contributed by atoms with Gasteiger partial charge in [-0.1, -0.05) is 121 Å². The molecule has 0 N–H and O–H groups in total. The van der Waals surface area contributed by atoms with Crippen molar-refractivity contribution in [1.29, 1.82) is 26.3 Å². The van der Waals surface area contributed by atoms with Crippen molar-refractivity contribution in [2.45, 2.75) is 45.8 Å². The predicted molar refractivity (Wildman–Crippen MR) is 223 cm³/mol. The van der Waals surface area contributed by atoms with Gasteiger partial charge in [-0.2, -0.15) is 26.3 Å². The maximum Gasteiger partial charge on any atom is 0.172 e. The van der Waals surface area contributed by atoms with E-state index in [4.69, 9.17) is 9.47 Å². The Morgan fingerprint density at radius 1 is 0.491 bits per heavy atom. The average molecular weight is 738 g/mol. The molecule has 0 spiro atoms. The number of allylic oxidation sites excluding steroid dienone is 4. The van der Waals surface area contributed by atoms with E-state index < -0.39 is 11.2 Å². The van der Waals surface area contributed by atoms with Gasteiger partial charge in [-0.25, -0.2) is 0 Å². The van der Waals surface area contributed by atoms with Gasteiger partial charge in [-0.15, -0.1) is 0 Å². The summed E-state index contributed by atoms with van der Waals surface area (Å²) in [5.41, 5.74) is 6.65. The van der Waals surface area contributed by atoms with Crippen LogP contribution in [0.3, 0.4) is 0 Å². The van der Waals surface area contributed by atoms with E-state index in [9.17, 15) is 26.3 Å². The van der Waals surface area contributed by atoms with E-state index in [1.165, 1.54) is 0 Å². The van der Waals surface area contributed by atoms with E-state index >= 15 is 0 Å². The van der Waals surface area contributed by atoms with Crippen LogP contribution in [0.15, 0.2) is 154 Å². The lowest BCUT2D eigenvalue weighted by atomic mass is 9.85. The number of hydrogen-bond donors (Lipinski definition) is 0. The topological polar surface area (TPSA) is 137 Å². The van der Waals surface area contributed by atoms with Crippen molar-refractivity contribution >= 4 is 33.7 Å². The summed E-state index contributed by atoms with van der Waals surface area (Å²) in [5, 5.41) is 52.6. The fourth-order valence-electron chi connectivity index (χ4n) is 7.61. The van der Waals surface area contributed by atoms with Crippen LogP contribution in [-0.4, -0.2) is 11.2 Å². The highest BCUT2D eigenvalue weighted by molar-refractivity contribution is 6.21. The number of hydrogen-bond acceptors (Lipinski definition) is 7. The monoisotopic (exact) mass is 737 g/mol. The number of fused-ring (bicyclic) bond motifs is 2. The van der Waals surface area contributed by atoms with Gasteiger partial charge in [-0.3, -0.25) is 0 Å². The van der Waals surface area contributed by atoms with Crippen molar-refractivity contribution < 1.29 is 9.47 Å². The Balaban J connectivity index is 1.26. The first-order valence-corrected chi connectivity index (χ1v) is 18.3. The minimum atomic E-state index is -0.894. The molecular formula is C50H35N5O2. The van der Waals surface area contributed by atoms with Crippen LogP contribution in [0.25, 0.3) is 56.0 Å². The van der Waals surface area contributed by atoms with Crippen LogP contribution >= 0.6 is 0 Å². The van der Waals surface area contributed by atoms with Gasteiger partial charge in [0.15, 0.2) is 17.1 Å². The Hall–Kier alpha value is -7.89. The van der Waals surface area contributed by atoms with E-state index in [0.717, 1.165) is 60.5 Å². The van der Waals surface area contributed by atoms with Crippen LogP contribution in [0.5, 0.6) is 0 Å². The van der Waals surface area contributed by atoms with Crippen molar-refractivity contribution in [3.05, 3.63) is 165 Å². The molecule has 5 aromatic carbocycles. The Morgan fingerprint density at radius 2 is 0.860 bits per heavy atom. The Morgan fingerprint density at radius 3 is 1.21 bits per heavy atom. The first-order valence-electron chi connectivity index (χ1n) is 18.3. The lowest BCUT2D eigenvalue weighted by Crippen LogP contribution is -2.20. The van der Waals surface area contributed by atoms with E-state index in [1.54, 1.807) is 6.92 Å². The van der Waals surface area contributed by atoms with Gasteiger partial charge in [0.05, 0.1) is 11.6 Å². The molecule has 2 heterocycles. The van der Waals surface area contributed by atoms with Crippen molar-refractivity contribution in [2.24, 2.45) is 0 Å². The molecule has 0 bridgehead atoms. The van der Waals surface area contributed by atoms with Gasteiger partial charge < -0.3 is 9.47 Å². The summed E-state index contributed by atoms with van der Waals surface area (Å²) < 4.78 is 12.0. The third kappa shape index (κ3) is 6.64. The number of rotatable bonds is 6. The molecule has 2 aliphatic heterocycles. The molecule has 0 radical (unpaired) electrons. The maximum absolute atomic E-state index is 9.95. The van der Waals surface area contributed by atoms with Crippen LogP contribution in [0.2, 0.25) is 0 Å². The molecule has 0 aromatic heterocycles. The van der Waals surface area contributed by atoms with Crippen molar-refractivity contribution in [3.8, 4) is 52.6 Å². The van der Waals surface area contributed by atoms with Gasteiger partial charge in [0.2, 0.25) is 0 Å². The quantitative estimate of drug-likeness (QED) is 0.125. The molecule has 7 nitrogen and oxygen atoms in total. The fraction of sp³-hybridized carbons (Fsp3) is 0.140. The molecule has 0 amide bonds. The Kier molecular flexibility index (Phi) is 9.68. The first kappa shape index (κ1) is 37.4. The van der Waals surface area contributed by atoms with Crippen LogP contribution in [0.4, 0.5) is 0 Å². The average Bonchev–Trinajstić information content (AvgIpc) is 3.64. The molecule has 0 saturated heterocycles. The minimum absolute atomic E-state index is 0.0180. The second-order valence-corrected chi connectivity index (χ2v) is 14.8. The second-order valence-electron chi connectivity index (χ2n) is 14.8. The SMILES string of the molecule is C/C(C#N)=C1\OC(C)(C)C(/C=C/c2ccc(-c3c4ccccc4c(-c4ccc(/C=C/C5=C(C#N)C(=C(C#N)C#N)OC5(C)C)cc4)c4ccccc34)cc2)=C1C#N. The molecule has 0 unspecified atom stereocenters. The molecule has 7 rings (SSSR count). The van der Waals surface area contributed by atoms with Crippen LogP contribution in [0.1, 0.15) is 45.7 Å². The van der Waals surface area contributed by atoms with E-state index in [2.05, 4.69) is 103 Å². The standard InChI is InChI=1S/C50H35N5O2/c1-31(26-51)47-41(29-54)43(49(2,3)56-47)24-18-32-14-20-34(21-15-32)45-37-10-6-8-12-39(37)46(40-13-9-7-11-38(40)45)35-22-16-33(17-23-35)19-25-44-42(30-55)48(36(27-52)28-53)57-50(44,4)5/h6-25H,1-5H3/b24-18+,25-19+,47-31+. The zero-order valence-electron chi connectivity index (χ0n) is 32.1. The highest BCUT2D eigenvalue weighted by Crippen LogP contribution is 2.45. The number of benzene rings is 5. The van der Waals surface area contributed by atoms with Gasteiger partial charge in [0.25, 0.3) is 0 Å². The van der Waals surface area contributed by atoms with E-state index in [-0.39, 0.29) is 16.9 Å². The third-order valence-electron chi connectivity index (χ3n) is 10.4. The van der Waals surface area contributed by atoms with E-state index in [1.807, 2.05) is 76.3 Å². The Labute approximate surface area is 332 Å². The minimum Gasteiger partial charge on any atom is -0.481 e. The van der Waals surface area contributed by atoms with Crippen molar-refractivity contribution in [1.82, 2.24) is 0 Å². The third-order valence-corrected chi connectivity index (χ3v) is 10.4. The molecule has 272 valence electrons. The zero-order valence-corrected chi connectivity index (χ0v) is 32.1. The van der Waals surface area contributed by atoms with Crippen molar-refractivity contribution in [3.63, 3.8) is 0 Å². The lowest BCUT2D eigenvalue weighted by molar-refractivity contribution is 0.0947. The van der Waals surface area contributed by atoms with Crippen LogP contribution in [0, 0.1) is 56.7 Å². The van der Waals surface area contributed by atoms with E-state index in [0.29, 0.717) is 22.5 Å². The smallest absolute Gasteiger partial charge is 0.172 e. The predicted octanol–water partition coefficient (Wildman–Crippen LogP) is 11.7. The summed E-state index contributed by atoms with van der Waals surface area (Å²) in [7, 11) is 0. The fourth-order valence-corrected chi connectivity index (χ4v) is 7.61. The second kappa shape index (κ2) is 14.7. The molecule has 2 aliphatic rings. The molecule has 5 aromatic rings. The molecular weight excluding hydrogens is 703 g/mol. The zero-order chi connectivity index (χ0) is 40.5. The van der Waals surface area contributed by atoms with Gasteiger partial charge in [0, 0.05) is 11.1 Å². The number of nitriles is 5. The van der Waals surface area contributed by atoms with Crippen LogP contribution in [-0.2, 0) is 9.47 Å². The summed E-state index contributed by atoms with van der Waals surface area (Å²) in [6.07, 6.45) is 7.61. The molecule has 0 fully saturated rings. The van der Waals surface area contributed by atoms with Crippen molar-refractivity contribution in [2.75, 3.05) is 0 Å². The summed E-state index contributed by atoms with van der Waals surface area (Å²) in [5.74, 6) is 0.355. The molecule has 57 heavy (non-hydrogen) atoms. The number of ether oxygens (including phenoxy) is 2. The normalized spacial score (nSPS) is 16.5. The largest absolute Gasteiger partial charge is 0.481 e. The van der Waals surface area contributed by atoms with Gasteiger partial charge >= 0.3 is 0 Å². The highest BCUT2D eigenvalue weighted by Gasteiger charge is 2.39. The molecule has 0 atom stereocenters. The Bertz CT molecular complexity index is 2860. The molecule has 0 saturated carbocycles. The van der Waals surface area contributed by atoms with Gasteiger partial charge in [0.1, 0.15) is 46.6 Å². The maximum atomic E-state index is 9.95. The highest BCUT2D eigenvalue weighted by atomic mass is 16.5. The summed E-state index contributed by atoms with van der Waals surface area (Å²) in [6, 6.07) is 43.7. The summed E-state index contributed by atoms with van der Waals surface area (Å²) >= 11 is 0. The molecule has 7 heteroatoms. The summed E-state index contributed by atoms with van der Waals surface area (Å²) in [4.78, 5) is 0. The first-order chi connectivity index (χ1) is 27.5. The van der Waals surface area contributed by atoms with Gasteiger partial charge in [-0.05, 0) is 89.5 Å². The number of nitrogens with zero attached hydrogens (tertiary/aromatic N) is 5. The summed E-state index contributed by atoms with van der Waals surface area (Å²) in [6.45, 7) is 9.07. The lowest BCUT2D eigenvalue weighted by Gasteiger charge is -2.20. The van der Waals surface area contributed by atoms with Crippen LogP contribution < -0.4 is 0 Å². The molecule has 0 aliphatic carbocycles.